The van der Waals surface area contributed by atoms with Crippen LogP contribution in [0.25, 0.3) is 21.8 Å². The molecule has 9 N–H and O–H groups in total. The number of likely N-dealkylation sites (tertiary alicyclic amines) is 3. The van der Waals surface area contributed by atoms with Crippen LogP contribution in [0.3, 0.4) is 0 Å². The molecule has 0 saturated carbocycles. The number of amides is 4. The quantitative estimate of drug-likeness (QED) is 0.0828. The Kier molecular flexibility index (Phi) is 19.9. The van der Waals surface area contributed by atoms with Crippen molar-refractivity contribution in [1.29, 1.82) is 0 Å². The largest absolute Gasteiger partial charge is 0.384 e. The Hall–Kier alpha value is -7.60. The molecule has 10 heterocycles. The normalized spacial score (nSPS) is 20.5. The minimum absolute atomic E-state index is 0.00838. The molecule has 2 aromatic heterocycles. The van der Waals surface area contributed by atoms with Crippen molar-refractivity contribution in [3.8, 4) is 0 Å². The van der Waals surface area contributed by atoms with Crippen molar-refractivity contribution >= 4 is 82.5 Å². The molecule has 5 saturated heterocycles. The number of hydrogen-bond donors (Lipinski definition) is 7. The van der Waals surface area contributed by atoms with E-state index >= 15 is 0 Å². The second-order valence-corrected chi connectivity index (χ2v) is 31.2. The second kappa shape index (κ2) is 27.6. The molecule has 4 amide bonds. The molecule has 502 valence electrons. The molecule has 0 unspecified atom stereocenters. The summed E-state index contributed by atoms with van der Waals surface area (Å²) < 4.78 is 49.6. The first-order valence-electron chi connectivity index (χ1n) is 33.3. The minimum atomic E-state index is -3.11. The van der Waals surface area contributed by atoms with Gasteiger partial charge in [-0.1, -0.05) is 91.0 Å². The van der Waals surface area contributed by atoms with Crippen molar-refractivity contribution in [2.75, 3.05) is 120 Å². The van der Waals surface area contributed by atoms with Crippen LogP contribution in [-0.2, 0) is 66.3 Å². The molecule has 3 spiro atoms. The predicted octanol–water partition coefficient (Wildman–Crippen LogP) is 8.34. The van der Waals surface area contributed by atoms with E-state index in [0.29, 0.717) is 52.4 Å². The van der Waals surface area contributed by atoms with E-state index in [0.717, 1.165) is 126 Å². The monoisotopic (exact) mass is 1320 g/mol. The van der Waals surface area contributed by atoms with Gasteiger partial charge in [0.1, 0.15) is 0 Å². The fraction of sp³-hybridized carbons (Fsp3) is 0.472. The zero-order valence-electron chi connectivity index (χ0n) is 55.1. The highest BCUT2D eigenvalue weighted by molar-refractivity contribution is 7.88. The van der Waals surface area contributed by atoms with Crippen LogP contribution < -0.4 is 27.4 Å². The number of piperidine rings is 5. The number of sulfonamides is 2. The molecular weight excluding hydrogens is 1230 g/mol. The summed E-state index contributed by atoms with van der Waals surface area (Å²) in [6.45, 7) is 15.1. The van der Waals surface area contributed by atoms with E-state index in [2.05, 4.69) is 105 Å². The topological polar surface area (TPSA) is 272 Å². The van der Waals surface area contributed by atoms with E-state index in [4.69, 9.17) is 11.5 Å². The highest BCUT2D eigenvalue weighted by atomic mass is 32.2. The number of aromatic amines is 2. The highest BCUT2D eigenvalue weighted by Crippen LogP contribution is 2.48. The molecule has 0 aliphatic carbocycles. The molecule has 15 rings (SSSR count). The standard InChI is InChI=1S/C16H21N3O.C15H21N3O2S.C14H16N2O2.C14H18N2O.C13H18N2O2S/c1-12(20)19-8-6-16(11-17,7-9-19)14-10-18-15-5-3-2-4-13(14)15;1-21(19,20)18-8-6-15(11-16,7-9-18)13-10-17-14-5-3-2-4-12(13)14;1-10(17)16-8-6-14(7-9-16)11-4-2-3-5-12(11)15-13(14)18;1-11(17)16-8-6-14(7-9-16)10-15-13-5-3-2-4-12(13)14;1-18(16,17)15-8-6-13(7-9-15)10-14-12-5-3-2-4-11(12)13/h2-5,10,18H,6-9,11,17H2,1H3;2-5,10,17H,6-9,11,16H2,1H3;2-5H,6-9H2,1H3,(H,15,18);2-5,15H,6-10H2,1H3;2-5,14H,6-10H2,1H3. The molecule has 7 aromatic rings. The number of carbonyl (C=O) groups is 4. The lowest BCUT2D eigenvalue weighted by Crippen LogP contribution is -2.48. The van der Waals surface area contributed by atoms with Crippen molar-refractivity contribution in [2.45, 2.75) is 112 Å². The molecule has 20 nitrogen and oxygen atoms in total. The number of H-pyrrole nitrogens is 2. The van der Waals surface area contributed by atoms with E-state index < -0.39 is 25.5 Å². The summed E-state index contributed by atoms with van der Waals surface area (Å²) in [5, 5.41) is 12.4. The number of nitrogens with zero attached hydrogens (tertiary/aromatic N) is 5. The number of rotatable bonds is 6. The number of hydrogen-bond acceptors (Lipinski definition) is 12. The van der Waals surface area contributed by atoms with Crippen molar-refractivity contribution in [1.82, 2.24) is 33.3 Å². The molecular formula is C72H94N12O8S2. The third kappa shape index (κ3) is 13.6. The van der Waals surface area contributed by atoms with Crippen molar-refractivity contribution in [2.24, 2.45) is 11.5 Å². The maximum absolute atomic E-state index is 12.3. The Labute approximate surface area is 554 Å². The summed E-state index contributed by atoms with van der Waals surface area (Å²) in [5.41, 5.74) is 24.2. The number of carbonyl (C=O) groups excluding carboxylic acids is 4. The van der Waals surface area contributed by atoms with Crippen molar-refractivity contribution in [3.63, 3.8) is 0 Å². The molecule has 8 aliphatic heterocycles. The van der Waals surface area contributed by atoms with E-state index in [-0.39, 0.29) is 45.3 Å². The number of fused-ring (bicyclic) bond motifs is 8. The van der Waals surface area contributed by atoms with Crippen LogP contribution in [0.15, 0.2) is 134 Å². The van der Waals surface area contributed by atoms with E-state index in [9.17, 15) is 36.0 Å². The van der Waals surface area contributed by atoms with Crippen molar-refractivity contribution < 1.29 is 36.0 Å². The van der Waals surface area contributed by atoms with Gasteiger partial charge in [0.05, 0.1) is 17.9 Å². The fourth-order valence-electron chi connectivity index (χ4n) is 16.1. The van der Waals surface area contributed by atoms with Gasteiger partial charge in [-0.05, 0) is 122 Å². The first-order chi connectivity index (χ1) is 45.0. The van der Waals surface area contributed by atoms with Gasteiger partial charge in [-0.25, -0.2) is 25.4 Å². The first kappa shape index (κ1) is 67.8. The summed E-state index contributed by atoms with van der Waals surface area (Å²) in [6.07, 6.45) is 15.5. The van der Waals surface area contributed by atoms with Crippen LogP contribution in [-0.4, -0.2) is 178 Å². The fourth-order valence-corrected chi connectivity index (χ4v) is 17.8. The zero-order valence-corrected chi connectivity index (χ0v) is 56.8. The molecule has 5 fully saturated rings. The lowest BCUT2D eigenvalue weighted by molar-refractivity contribution is -0.133. The lowest BCUT2D eigenvalue weighted by atomic mass is 9.72. The molecule has 94 heavy (non-hydrogen) atoms. The summed E-state index contributed by atoms with van der Waals surface area (Å²) in [7, 11) is -6.15. The summed E-state index contributed by atoms with van der Waals surface area (Å²) in [6, 6.07) is 41.4. The lowest BCUT2D eigenvalue weighted by Gasteiger charge is -2.41. The Balaban J connectivity index is 0.000000120. The maximum atomic E-state index is 12.3. The van der Waals surface area contributed by atoms with Crippen LogP contribution in [0, 0.1) is 0 Å². The summed E-state index contributed by atoms with van der Waals surface area (Å²) in [4.78, 5) is 58.8. The number of para-hydroxylation sites is 5. The highest BCUT2D eigenvalue weighted by Gasteiger charge is 2.49. The first-order valence-corrected chi connectivity index (χ1v) is 37.0. The second-order valence-electron chi connectivity index (χ2n) is 27.2. The minimum Gasteiger partial charge on any atom is -0.384 e. The number of aromatic nitrogens is 2. The molecule has 0 radical (unpaired) electrons. The smallest absolute Gasteiger partial charge is 0.235 e. The molecule has 0 atom stereocenters. The van der Waals surface area contributed by atoms with Gasteiger partial charge in [0.15, 0.2) is 0 Å². The van der Waals surface area contributed by atoms with Crippen LogP contribution in [0.5, 0.6) is 0 Å². The van der Waals surface area contributed by atoms with Crippen LogP contribution in [0.2, 0.25) is 0 Å². The van der Waals surface area contributed by atoms with Gasteiger partial charge in [-0.3, -0.25) is 19.2 Å². The third-order valence-electron chi connectivity index (χ3n) is 22.2. The summed E-state index contributed by atoms with van der Waals surface area (Å²) in [5.74, 6) is 0.553. The molecule has 22 heteroatoms. The molecule has 0 bridgehead atoms. The van der Waals surface area contributed by atoms with Gasteiger partial charge in [0.2, 0.25) is 43.7 Å². The van der Waals surface area contributed by atoms with E-state index in [1.54, 1.807) is 29.4 Å². The van der Waals surface area contributed by atoms with Crippen LogP contribution >= 0.6 is 0 Å². The van der Waals surface area contributed by atoms with E-state index in [1.165, 1.54) is 56.9 Å². The SMILES string of the molecule is CC(=O)N1CCC(CN)(c2c[nH]c3ccccc23)CC1.CC(=O)N1CCC2(CC1)C(=O)Nc1ccccc12.CC(=O)N1CCC2(CC1)CNc1ccccc12.CS(=O)(=O)N1CCC(CN)(c2c[nH]c3ccccc23)CC1.CS(=O)(=O)N1CCC2(CC1)CNc1ccccc12. The van der Waals surface area contributed by atoms with Gasteiger partial charge in [-0.15, -0.1) is 0 Å². The number of nitrogens with two attached hydrogens (primary N) is 2. The Morgan fingerprint density at radius 1 is 0.426 bits per heavy atom. The van der Waals surface area contributed by atoms with Gasteiger partial charge < -0.3 is 52.1 Å². The van der Waals surface area contributed by atoms with Crippen LogP contribution in [0.1, 0.15) is 113 Å². The predicted molar refractivity (Wildman–Crippen MR) is 374 cm³/mol. The van der Waals surface area contributed by atoms with Crippen molar-refractivity contribution in [3.05, 3.63) is 162 Å². The molecule has 8 aliphatic rings. The van der Waals surface area contributed by atoms with Gasteiger partial charge >= 0.3 is 0 Å². The van der Waals surface area contributed by atoms with E-state index in [1.807, 2.05) is 69.4 Å². The zero-order chi connectivity index (χ0) is 66.7. The average Bonchev–Trinajstić information content (AvgIpc) is 1.59. The molecule has 5 aromatic carbocycles. The number of benzene rings is 5. The Bertz CT molecular complexity index is 4110. The Morgan fingerprint density at radius 2 is 0.755 bits per heavy atom. The average molecular weight is 1320 g/mol. The van der Waals surface area contributed by atoms with Crippen LogP contribution in [0.4, 0.5) is 17.1 Å². The number of anilines is 3. The van der Waals surface area contributed by atoms with Gasteiger partial charge in [0, 0.05) is 185 Å². The third-order valence-corrected chi connectivity index (χ3v) is 24.8. The maximum Gasteiger partial charge on any atom is 0.235 e. The number of nitrogens with one attached hydrogen (secondary N) is 5. The Morgan fingerprint density at radius 3 is 1.16 bits per heavy atom. The summed E-state index contributed by atoms with van der Waals surface area (Å²) >= 11 is 0. The van der Waals surface area contributed by atoms with Gasteiger partial charge in [0.25, 0.3) is 0 Å². The van der Waals surface area contributed by atoms with Gasteiger partial charge in [-0.2, -0.15) is 0 Å².